The number of nitrogens with zero attached hydrogens (tertiary/aromatic N) is 1. The maximum Gasteiger partial charge on any atom is 0.261 e. The van der Waals surface area contributed by atoms with Gasteiger partial charge in [-0.25, -0.2) is 12.8 Å². The van der Waals surface area contributed by atoms with Crippen LogP contribution in [0.3, 0.4) is 0 Å². The molecule has 0 aliphatic carbocycles. The molecule has 3 aromatic rings. The number of carbonyl (C=O) groups excluding carboxylic acids is 1. The Morgan fingerprint density at radius 2 is 1.77 bits per heavy atom. The second-order valence-electron chi connectivity index (χ2n) is 8.36. The summed E-state index contributed by atoms with van der Waals surface area (Å²) in [5.74, 6) is 0.721. The number of rotatable bonds is 7. The zero-order valence-electron chi connectivity index (χ0n) is 19.7. The summed E-state index contributed by atoms with van der Waals surface area (Å²) in [6.07, 6.45) is 1.67. The van der Waals surface area contributed by atoms with E-state index in [0.717, 1.165) is 24.5 Å². The predicted molar refractivity (Wildman–Crippen MR) is 131 cm³/mol. The van der Waals surface area contributed by atoms with E-state index < -0.39 is 15.8 Å². The van der Waals surface area contributed by atoms with Crippen molar-refractivity contribution in [2.75, 3.05) is 25.5 Å². The lowest BCUT2D eigenvalue weighted by molar-refractivity contribution is 0.0734. The Balaban J connectivity index is 1.52. The number of methoxy groups -OCH3 is 2. The predicted octanol–water partition coefficient (Wildman–Crippen LogP) is 4.93. The number of halogens is 1. The molecule has 0 bridgehead atoms. The quantitative estimate of drug-likeness (QED) is 0.499. The average molecular weight is 499 g/mol. The van der Waals surface area contributed by atoms with Gasteiger partial charge < -0.3 is 14.4 Å². The van der Waals surface area contributed by atoms with Crippen molar-refractivity contribution < 1.29 is 27.1 Å². The summed E-state index contributed by atoms with van der Waals surface area (Å²) in [6.45, 7) is 2.11. The van der Waals surface area contributed by atoms with E-state index in [2.05, 4.69) is 4.72 Å². The van der Waals surface area contributed by atoms with Crippen molar-refractivity contribution in [2.24, 2.45) is 0 Å². The first-order valence-electron chi connectivity index (χ1n) is 11.2. The summed E-state index contributed by atoms with van der Waals surface area (Å²) >= 11 is 0. The van der Waals surface area contributed by atoms with Crippen molar-refractivity contribution in [1.29, 1.82) is 0 Å². The maximum atomic E-state index is 13.5. The van der Waals surface area contributed by atoms with E-state index in [4.69, 9.17) is 9.47 Å². The largest absolute Gasteiger partial charge is 0.497 e. The monoisotopic (exact) mass is 498 g/mol. The highest BCUT2D eigenvalue weighted by Gasteiger charge is 2.32. The Morgan fingerprint density at radius 1 is 1.03 bits per heavy atom. The van der Waals surface area contributed by atoms with E-state index in [0.29, 0.717) is 29.3 Å². The van der Waals surface area contributed by atoms with Crippen LogP contribution in [0.25, 0.3) is 0 Å². The van der Waals surface area contributed by atoms with E-state index in [1.165, 1.54) is 19.1 Å². The second kappa shape index (κ2) is 9.95. The number of hydrogen-bond donors (Lipinski definition) is 1. The van der Waals surface area contributed by atoms with E-state index in [1.807, 2.05) is 17.0 Å². The van der Waals surface area contributed by atoms with Crippen LogP contribution in [0, 0.1) is 12.7 Å². The van der Waals surface area contributed by atoms with Crippen LogP contribution in [0.15, 0.2) is 65.6 Å². The summed E-state index contributed by atoms with van der Waals surface area (Å²) in [5, 5.41) is 0. The molecule has 1 unspecified atom stereocenters. The molecule has 1 amide bonds. The summed E-state index contributed by atoms with van der Waals surface area (Å²) in [6, 6.07) is 15.3. The molecule has 1 heterocycles. The number of nitrogens with one attached hydrogen (secondary N) is 1. The maximum absolute atomic E-state index is 13.5. The lowest BCUT2D eigenvalue weighted by Crippen LogP contribution is -2.30. The number of amides is 1. The van der Waals surface area contributed by atoms with E-state index >= 15 is 0 Å². The molecular formula is C26H27FN2O5S. The fourth-order valence-corrected chi connectivity index (χ4v) is 5.42. The molecule has 4 rings (SSSR count). The van der Waals surface area contributed by atoms with Gasteiger partial charge >= 0.3 is 0 Å². The molecule has 7 nitrogen and oxygen atoms in total. The van der Waals surface area contributed by atoms with Crippen molar-refractivity contribution in [1.82, 2.24) is 4.90 Å². The Morgan fingerprint density at radius 3 is 2.43 bits per heavy atom. The van der Waals surface area contributed by atoms with Gasteiger partial charge in [0.2, 0.25) is 0 Å². The third kappa shape index (κ3) is 5.09. The minimum absolute atomic E-state index is 0.0371. The third-order valence-corrected chi connectivity index (χ3v) is 7.52. The van der Waals surface area contributed by atoms with Crippen LogP contribution in [0.2, 0.25) is 0 Å². The number of anilines is 1. The molecule has 35 heavy (non-hydrogen) atoms. The molecule has 0 radical (unpaired) electrons. The molecule has 0 saturated carbocycles. The standard InChI is InChI=1S/C26H27FN2O5S/c1-17-15-21(11-13-23(17)27)35(31,32)28-19-8-6-18(7-9-19)26(30)29-14-4-5-24(29)22-12-10-20(33-2)16-25(22)34-3/h6-13,15-16,24,28H,4-5,14H2,1-3H3. The van der Waals surface area contributed by atoms with Gasteiger partial charge in [-0.05, 0) is 79.9 Å². The van der Waals surface area contributed by atoms with Gasteiger partial charge in [0.15, 0.2) is 0 Å². The van der Waals surface area contributed by atoms with Crippen LogP contribution in [-0.4, -0.2) is 40.0 Å². The fraction of sp³-hybridized carbons (Fsp3) is 0.269. The molecule has 0 aromatic heterocycles. The molecule has 1 aliphatic rings. The molecular weight excluding hydrogens is 471 g/mol. The fourth-order valence-electron chi connectivity index (χ4n) is 4.27. The van der Waals surface area contributed by atoms with Crippen LogP contribution >= 0.6 is 0 Å². The molecule has 1 saturated heterocycles. The van der Waals surface area contributed by atoms with Gasteiger partial charge in [-0.3, -0.25) is 9.52 Å². The summed E-state index contributed by atoms with van der Waals surface area (Å²) in [7, 11) is -0.718. The third-order valence-electron chi connectivity index (χ3n) is 6.14. The summed E-state index contributed by atoms with van der Waals surface area (Å²) in [4.78, 5) is 15.1. The Kier molecular flexibility index (Phi) is 6.98. The molecule has 184 valence electrons. The van der Waals surface area contributed by atoms with Crippen LogP contribution in [0.5, 0.6) is 11.5 Å². The van der Waals surface area contributed by atoms with Gasteiger partial charge in [0.1, 0.15) is 17.3 Å². The zero-order chi connectivity index (χ0) is 25.2. The SMILES string of the molecule is COc1ccc(C2CCCN2C(=O)c2ccc(NS(=O)(=O)c3ccc(F)c(C)c3)cc2)c(OC)c1. The number of benzene rings is 3. The van der Waals surface area contributed by atoms with Crippen molar-refractivity contribution in [3.05, 3.63) is 83.2 Å². The van der Waals surface area contributed by atoms with Crippen LogP contribution in [0.1, 0.15) is 40.4 Å². The number of aryl methyl sites for hydroxylation is 1. The smallest absolute Gasteiger partial charge is 0.261 e. The van der Waals surface area contributed by atoms with Crippen LogP contribution in [0.4, 0.5) is 10.1 Å². The minimum atomic E-state index is -3.90. The van der Waals surface area contributed by atoms with Crippen molar-refractivity contribution in [2.45, 2.75) is 30.7 Å². The first-order chi connectivity index (χ1) is 16.7. The van der Waals surface area contributed by atoms with E-state index in [-0.39, 0.29) is 22.4 Å². The van der Waals surface area contributed by atoms with Gasteiger partial charge in [0.05, 0.1) is 25.2 Å². The van der Waals surface area contributed by atoms with Gasteiger partial charge in [0.25, 0.3) is 15.9 Å². The molecule has 9 heteroatoms. The number of hydrogen-bond acceptors (Lipinski definition) is 5. The van der Waals surface area contributed by atoms with Crippen LogP contribution < -0.4 is 14.2 Å². The van der Waals surface area contributed by atoms with Gasteiger partial charge in [-0.2, -0.15) is 0 Å². The van der Waals surface area contributed by atoms with Crippen molar-refractivity contribution in [3.8, 4) is 11.5 Å². The highest BCUT2D eigenvalue weighted by Crippen LogP contribution is 2.39. The average Bonchev–Trinajstić information content (AvgIpc) is 3.34. The van der Waals surface area contributed by atoms with Gasteiger partial charge in [0, 0.05) is 29.4 Å². The first-order valence-corrected chi connectivity index (χ1v) is 12.6. The Labute approximate surface area is 204 Å². The topological polar surface area (TPSA) is 84.9 Å². The number of likely N-dealkylation sites (tertiary alicyclic amines) is 1. The highest BCUT2D eigenvalue weighted by molar-refractivity contribution is 7.92. The van der Waals surface area contributed by atoms with Crippen molar-refractivity contribution >= 4 is 21.6 Å². The number of ether oxygens (including phenoxy) is 2. The van der Waals surface area contributed by atoms with E-state index in [9.17, 15) is 17.6 Å². The lowest BCUT2D eigenvalue weighted by Gasteiger charge is -2.26. The first kappa shape index (κ1) is 24.5. The Hall–Kier alpha value is -3.59. The highest BCUT2D eigenvalue weighted by atomic mass is 32.2. The second-order valence-corrected chi connectivity index (χ2v) is 10.0. The van der Waals surface area contributed by atoms with Gasteiger partial charge in [-0.1, -0.05) is 0 Å². The normalized spacial score (nSPS) is 15.7. The van der Waals surface area contributed by atoms with Crippen molar-refractivity contribution in [3.63, 3.8) is 0 Å². The van der Waals surface area contributed by atoms with E-state index in [1.54, 1.807) is 44.6 Å². The zero-order valence-corrected chi connectivity index (χ0v) is 20.6. The molecule has 3 aromatic carbocycles. The van der Waals surface area contributed by atoms with Crippen LogP contribution in [-0.2, 0) is 10.0 Å². The summed E-state index contributed by atoms with van der Waals surface area (Å²) in [5.41, 5.74) is 1.91. The lowest BCUT2D eigenvalue weighted by atomic mass is 10.0. The summed E-state index contributed by atoms with van der Waals surface area (Å²) < 4.78 is 52.1. The molecule has 1 N–H and O–H groups in total. The van der Waals surface area contributed by atoms with Gasteiger partial charge in [-0.15, -0.1) is 0 Å². The molecule has 0 spiro atoms. The molecule has 1 fully saturated rings. The minimum Gasteiger partial charge on any atom is -0.497 e. The Bertz CT molecular complexity index is 1340. The molecule has 1 aliphatic heterocycles. The number of carbonyl (C=O) groups is 1. The molecule has 1 atom stereocenters. The number of sulfonamides is 1.